The van der Waals surface area contributed by atoms with Gasteiger partial charge in [-0.15, -0.1) is 23.5 Å². The molecule has 0 saturated carbocycles. The Morgan fingerprint density at radius 3 is 1.98 bits per heavy atom. The van der Waals surface area contributed by atoms with Crippen LogP contribution in [0.25, 0.3) is 33.6 Å². The van der Waals surface area contributed by atoms with Gasteiger partial charge < -0.3 is 40.2 Å². The number of benzene rings is 2. The number of hydrogen-bond donors (Lipinski definition) is 5. The number of H-pyrrole nitrogens is 2. The van der Waals surface area contributed by atoms with Crippen molar-refractivity contribution in [3.63, 3.8) is 0 Å². The van der Waals surface area contributed by atoms with Crippen LogP contribution in [0.5, 0.6) is 0 Å². The molecule has 3 aliphatic heterocycles. The zero-order chi connectivity index (χ0) is 38.0. The normalized spacial score (nSPS) is 19.7. The van der Waals surface area contributed by atoms with Crippen LogP contribution in [0, 0.1) is 5.92 Å². The summed E-state index contributed by atoms with van der Waals surface area (Å²) in [5, 5.41) is 14.2. The number of hydrogen-bond acceptors (Lipinski definition) is 9. The van der Waals surface area contributed by atoms with Crippen LogP contribution >= 0.6 is 23.5 Å². The van der Waals surface area contributed by atoms with Gasteiger partial charge in [-0.3, -0.25) is 9.59 Å². The molecule has 4 aromatic rings. The predicted molar refractivity (Wildman–Crippen MR) is 208 cm³/mol. The van der Waals surface area contributed by atoms with E-state index in [0.717, 1.165) is 70.2 Å². The number of imidazole rings is 2. The number of aromatic amines is 2. The van der Waals surface area contributed by atoms with Crippen molar-refractivity contribution in [3.8, 4) is 33.6 Å². The van der Waals surface area contributed by atoms with Crippen LogP contribution in [0.3, 0.4) is 0 Å². The van der Waals surface area contributed by atoms with Crippen molar-refractivity contribution in [2.24, 2.45) is 5.92 Å². The lowest BCUT2D eigenvalue weighted by molar-refractivity contribution is -0.135. The molecular formula is C38H44N8O6S2. The number of nitrogens with zero attached hydrogens (tertiary/aromatic N) is 4. The van der Waals surface area contributed by atoms with E-state index in [1.807, 2.05) is 78.9 Å². The van der Waals surface area contributed by atoms with Crippen LogP contribution in [0.1, 0.15) is 56.8 Å². The van der Waals surface area contributed by atoms with Crippen molar-refractivity contribution in [1.82, 2.24) is 40.4 Å². The average Bonchev–Trinajstić information content (AvgIpc) is 4.03. The molecule has 4 amide bonds. The van der Waals surface area contributed by atoms with Gasteiger partial charge in [0.2, 0.25) is 11.8 Å². The zero-order valence-corrected chi connectivity index (χ0v) is 32.0. The second-order valence-electron chi connectivity index (χ2n) is 14.1. The minimum atomic E-state index is -1.21. The van der Waals surface area contributed by atoms with Gasteiger partial charge in [-0.25, -0.2) is 19.6 Å². The average molecular weight is 773 g/mol. The number of carboxylic acid groups (broad SMARTS) is 1. The van der Waals surface area contributed by atoms with E-state index in [-0.39, 0.29) is 40.4 Å². The number of thioether (sulfide) groups is 2. The van der Waals surface area contributed by atoms with Crippen molar-refractivity contribution in [2.75, 3.05) is 38.2 Å². The second-order valence-corrected chi connectivity index (χ2v) is 17.3. The number of carbonyl (C=O) groups is 4. The van der Waals surface area contributed by atoms with E-state index in [0.29, 0.717) is 18.9 Å². The van der Waals surface area contributed by atoms with Gasteiger partial charge in [-0.2, -0.15) is 0 Å². The molecule has 0 unspecified atom stereocenters. The molecule has 5 heterocycles. The van der Waals surface area contributed by atoms with Gasteiger partial charge in [0.1, 0.15) is 24.2 Å². The Morgan fingerprint density at radius 1 is 0.889 bits per heavy atom. The summed E-state index contributed by atoms with van der Waals surface area (Å²) in [5.74, 6) is 2.91. The van der Waals surface area contributed by atoms with Gasteiger partial charge >= 0.3 is 12.2 Å². The van der Waals surface area contributed by atoms with E-state index in [1.54, 1.807) is 4.90 Å². The quantitative estimate of drug-likeness (QED) is 0.130. The molecule has 7 rings (SSSR count). The van der Waals surface area contributed by atoms with Gasteiger partial charge in [0.25, 0.3) is 0 Å². The second kappa shape index (κ2) is 15.8. The van der Waals surface area contributed by atoms with E-state index in [2.05, 4.69) is 49.6 Å². The Balaban J connectivity index is 1.02. The topological polar surface area (TPSA) is 186 Å². The highest BCUT2D eigenvalue weighted by Gasteiger charge is 2.50. The van der Waals surface area contributed by atoms with Crippen LogP contribution in [0.15, 0.2) is 60.9 Å². The monoisotopic (exact) mass is 772 g/mol. The minimum absolute atomic E-state index is 0.0768. The van der Waals surface area contributed by atoms with Crippen molar-refractivity contribution < 1.29 is 29.0 Å². The first kappa shape index (κ1) is 37.4. The summed E-state index contributed by atoms with van der Waals surface area (Å²) in [6.07, 6.45) is 4.21. The number of alkyl carbamates (subject to hydrolysis) is 1. The molecule has 3 aliphatic rings. The fourth-order valence-electron chi connectivity index (χ4n) is 7.49. The molecule has 2 aromatic heterocycles. The SMILES string of the molecule is COC(=O)NCC(=O)N1CC2(C[C@H]1c1nc(-c3ccc(-c4ccc(-c5c[nH]c([C@@H]6CCCN6C(=O)[C@@H](NC(=O)O)C(C)C)n5)cc4)cc3)c[nH]1)SCCS2. The standard InChI is InChI=1S/C38H44N8O6S2/c1-22(2)32(44-36(49)50)35(48)45-14-4-5-29(45)33-39-18-27(42-33)25-10-6-23(7-11-25)24-8-12-26(13-9-24)28-19-40-34(43-28)30-17-38(53-15-16-54-38)21-46(30)31(47)20-41-37(51)52-3/h6-13,18-19,22,29-30,32,44H,4-5,14-17,20-21H2,1-3H3,(H,39,42)(H,40,43)(H,41,51)(H,49,50)/t29-,30-,32-/m0/s1. The number of rotatable bonds is 10. The highest BCUT2D eigenvalue weighted by molar-refractivity contribution is 8.21. The lowest BCUT2D eigenvalue weighted by Crippen LogP contribution is -2.50. The molecule has 16 heteroatoms. The Bertz CT molecular complexity index is 1990. The highest BCUT2D eigenvalue weighted by atomic mass is 32.2. The molecule has 3 atom stereocenters. The van der Waals surface area contributed by atoms with Gasteiger partial charge in [0.05, 0.1) is 34.7 Å². The number of ether oxygens (including phenoxy) is 1. The maximum atomic E-state index is 13.4. The molecule has 1 spiro atoms. The maximum Gasteiger partial charge on any atom is 0.407 e. The van der Waals surface area contributed by atoms with E-state index in [9.17, 15) is 24.3 Å². The molecule has 3 saturated heterocycles. The Kier molecular flexibility index (Phi) is 10.9. The van der Waals surface area contributed by atoms with Gasteiger partial charge in [-0.1, -0.05) is 62.4 Å². The fourth-order valence-corrected chi connectivity index (χ4v) is 10.7. The van der Waals surface area contributed by atoms with Gasteiger partial charge in [0.15, 0.2) is 0 Å². The van der Waals surface area contributed by atoms with Crippen LogP contribution in [-0.4, -0.2) is 107 Å². The summed E-state index contributed by atoms with van der Waals surface area (Å²) in [4.78, 5) is 69.6. The first-order valence-electron chi connectivity index (χ1n) is 18.0. The number of likely N-dealkylation sites (tertiary alicyclic amines) is 2. The molecule has 2 aromatic carbocycles. The number of methoxy groups -OCH3 is 1. The summed E-state index contributed by atoms with van der Waals surface area (Å²) in [6.45, 7) is 4.67. The van der Waals surface area contributed by atoms with Gasteiger partial charge in [0, 0.05) is 54.5 Å². The summed E-state index contributed by atoms with van der Waals surface area (Å²) < 4.78 is 4.57. The van der Waals surface area contributed by atoms with Crippen molar-refractivity contribution in [3.05, 3.63) is 72.6 Å². The molecular weight excluding hydrogens is 729 g/mol. The third-order valence-corrected chi connectivity index (χ3v) is 13.7. The van der Waals surface area contributed by atoms with Crippen LogP contribution in [0.4, 0.5) is 9.59 Å². The minimum Gasteiger partial charge on any atom is -0.465 e. The largest absolute Gasteiger partial charge is 0.465 e. The van der Waals surface area contributed by atoms with Gasteiger partial charge in [-0.05, 0) is 29.9 Å². The van der Waals surface area contributed by atoms with E-state index < -0.39 is 18.2 Å². The first-order chi connectivity index (χ1) is 26.0. The zero-order valence-electron chi connectivity index (χ0n) is 30.3. The van der Waals surface area contributed by atoms with E-state index in [4.69, 9.17) is 9.97 Å². The number of nitrogens with one attached hydrogen (secondary N) is 4. The Hall–Kier alpha value is -4.96. The maximum absolute atomic E-state index is 13.4. The number of amides is 4. The molecule has 14 nitrogen and oxygen atoms in total. The first-order valence-corrected chi connectivity index (χ1v) is 20.0. The lowest BCUT2D eigenvalue weighted by Gasteiger charge is -2.29. The Labute approximate surface area is 321 Å². The number of carbonyl (C=O) groups excluding carboxylic acids is 3. The molecule has 3 fully saturated rings. The third-order valence-electron chi connectivity index (χ3n) is 10.3. The lowest BCUT2D eigenvalue weighted by atomic mass is 10.0. The summed E-state index contributed by atoms with van der Waals surface area (Å²) in [5.41, 5.74) is 5.52. The van der Waals surface area contributed by atoms with Crippen molar-refractivity contribution >= 4 is 47.5 Å². The summed E-state index contributed by atoms with van der Waals surface area (Å²) >= 11 is 3.79. The summed E-state index contributed by atoms with van der Waals surface area (Å²) in [6, 6.07) is 15.1. The Morgan fingerprint density at radius 2 is 1.44 bits per heavy atom. The van der Waals surface area contributed by atoms with E-state index in [1.165, 1.54) is 7.11 Å². The molecule has 284 valence electrons. The molecule has 5 N–H and O–H groups in total. The third kappa shape index (κ3) is 7.80. The van der Waals surface area contributed by atoms with Crippen molar-refractivity contribution in [1.29, 1.82) is 0 Å². The van der Waals surface area contributed by atoms with Crippen LogP contribution in [-0.2, 0) is 14.3 Å². The number of aromatic nitrogens is 4. The summed E-state index contributed by atoms with van der Waals surface area (Å²) in [7, 11) is 1.27. The van der Waals surface area contributed by atoms with Crippen molar-refractivity contribution in [2.45, 2.75) is 55.3 Å². The van der Waals surface area contributed by atoms with Crippen LogP contribution < -0.4 is 10.6 Å². The molecule has 0 bridgehead atoms. The van der Waals surface area contributed by atoms with E-state index >= 15 is 0 Å². The molecule has 54 heavy (non-hydrogen) atoms. The highest BCUT2D eigenvalue weighted by Crippen LogP contribution is 2.55. The van der Waals surface area contributed by atoms with Crippen LogP contribution in [0.2, 0.25) is 0 Å². The fraction of sp³-hybridized carbons (Fsp3) is 0.421. The smallest absolute Gasteiger partial charge is 0.407 e. The molecule has 0 radical (unpaired) electrons. The molecule has 0 aliphatic carbocycles. The predicted octanol–water partition coefficient (Wildman–Crippen LogP) is 5.90.